The van der Waals surface area contributed by atoms with Crippen molar-refractivity contribution in [2.75, 3.05) is 0 Å². The molecule has 140 valence electrons. The van der Waals surface area contributed by atoms with Crippen molar-refractivity contribution >= 4 is 33.9 Å². The molecular formula is C21H19BrO5. The molecule has 4 rings (SSSR count). The molecular weight excluding hydrogens is 412 g/mol. The van der Waals surface area contributed by atoms with Crippen molar-refractivity contribution in [3.63, 3.8) is 0 Å². The molecule has 5 nitrogen and oxygen atoms in total. The third-order valence-electron chi connectivity index (χ3n) is 4.92. The van der Waals surface area contributed by atoms with Crippen molar-refractivity contribution in [2.45, 2.75) is 44.8 Å². The zero-order chi connectivity index (χ0) is 19.0. The molecule has 6 heteroatoms. The van der Waals surface area contributed by atoms with Crippen molar-refractivity contribution in [1.29, 1.82) is 0 Å². The van der Waals surface area contributed by atoms with E-state index in [-0.39, 0.29) is 5.57 Å². The fourth-order valence-electron chi connectivity index (χ4n) is 3.50. The molecule has 1 aromatic carbocycles. The van der Waals surface area contributed by atoms with Gasteiger partial charge in [0, 0.05) is 29.0 Å². The van der Waals surface area contributed by atoms with Crippen LogP contribution < -0.4 is 0 Å². The zero-order valence-corrected chi connectivity index (χ0v) is 16.5. The number of hydrogen-bond donors (Lipinski definition) is 0. The Hall–Kier alpha value is -2.34. The van der Waals surface area contributed by atoms with E-state index >= 15 is 0 Å². The molecule has 2 heterocycles. The number of esters is 2. The lowest BCUT2D eigenvalue weighted by atomic mass is 9.93. The largest absolute Gasteiger partial charge is 0.457 e. The second-order valence-corrected chi connectivity index (χ2v) is 7.85. The zero-order valence-electron chi connectivity index (χ0n) is 14.9. The Morgan fingerprint density at radius 3 is 2.37 bits per heavy atom. The van der Waals surface area contributed by atoms with Gasteiger partial charge >= 0.3 is 11.9 Å². The lowest BCUT2D eigenvalue weighted by Crippen LogP contribution is -2.47. The average molecular weight is 431 g/mol. The number of aryl methyl sites for hydroxylation is 1. The van der Waals surface area contributed by atoms with Crippen molar-refractivity contribution < 1.29 is 23.5 Å². The summed E-state index contributed by atoms with van der Waals surface area (Å²) in [6, 6.07) is 9.44. The van der Waals surface area contributed by atoms with Gasteiger partial charge in [0.2, 0.25) is 0 Å². The van der Waals surface area contributed by atoms with Gasteiger partial charge in [0.05, 0.1) is 0 Å². The molecule has 0 unspecified atom stereocenters. The quantitative estimate of drug-likeness (QED) is 0.373. The van der Waals surface area contributed by atoms with E-state index in [2.05, 4.69) is 15.9 Å². The average Bonchev–Trinajstić information content (AvgIpc) is 3.07. The minimum Gasteiger partial charge on any atom is -0.457 e. The second-order valence-electron chi connectivity index (χ2n) is 6.99. The number of hydrogen-bond acceptors (Lipinski definition) is 5. The highest BCUT2D eigenvalue weighted by Crippen LogP contribution is 2.37. The Kier molecular flexibility index (Phi) is 4.68. The van der Waals surface area contributed by atoms with Gasteiger partial charge < -0.3 is 13.9 Å². The van der Waals surface area contributed by atoms with E-state index in [1.54, 1.807) is 12.1 Å². The first-order chi connectivity index (χ1) is 13.0. The van der Waals surface area contributed by atoms with E-state index in [4.69, 9.17) is 13.9 Å². The van der Waals surface area contributed by atoms with Crippen LogP contribution in [0.3, 0.4) is 0 Å². The Morgan fingerprint density at radius 1 is 1.00 bits per heavy atom. The molecule has 27 heavy (non-hydrogen) atoms. The molecule has 0 N–H and O–H groups in total. The Morgan fingerprint density at radius 2 is 1.70 bits per heavy atom. The number of carbonyl (C=O) groups excluding carboxylic acids is 2. The Labute approximate surface area is 165 Å². The summed E-state index contributed by atoms with van der Waals surface area (Å²) in [5.74, 6) is -1.36. The molecule has 0 bridgehead atoms. The summed E-state index contributed by atoms with van der Waals surface area (Å²) in [6.45, 7) is 2.01. The maximum absolute atomic E-state index is 12.4. The molecule has 1 saturated heterocycles. The number of rotatable bonds is 2. The van der Waals surface area contributed by atoms with E-state index in [9.17, 15) is 9.59 Å². The van der Waals surface area contributed by atoms with Gasteiger partial charge in [0.25, 0.3) is 5.79 Å². The third-order valence-corrected chi connectivity index (χ3v) is 5.57. The first kappa shape index (κ1) is 18.0. The summed E-state index contributed by atoms with van der Waals surface area (Å²) >= 11 is 3.53. The van der Waals surface area contributed by atoms with Crippen LogP contribution >= 0.6 is 15.9 Å². The highest BCUT2D eigenvalue weighted by molar-refractivity contribution is 9.10. The van der Waals surface area contributed by atoms with Crippen molar-refractivity contribution in [2.24, 2.45) is 0 Å². The Bertz CT molecular complexity index is 912. The Balaban J connectivity index is 1.58. The fraction of sp³-hybridized carbons (Fsp3) is 0.333. The highest BCUT2D eigenvalue weighted by Gasteiger charge is 2.46. The van der Waals surface area contributed by atoms with Gasteiger partial charge in [-0.3, -0.25) is 0 Å². The molecule has 2 fully saturated rings. The minimum atomic E-state index is -1.08. The fourth-order valence-corrected chi connectivity index (χ4v) is 4.19. The molecule has 1 saturated carbocycles. The summed E-state index contributed by atoms with van der Waals surface area (Å²) in [5.41, 5.74) is 1.87. The van der Waals surface area contributed by atoms with Crippen LogP contribution in [0.5, 0.6) is 0 Å². The monoisotopic (exact) mass is 430 g/mol. The van der Waals surface area contributed by atoms with Crippen LogP contribution in [0.4, 0.5) is 0 Å². The SMILES string of the molecule is Cc1ccc(-c2ccc(C=C3C(=O)OC4(CCCCC4)OC3=O)o2)c(Br)c1. The number of furan rings is 1. The van der Waals surface area contributed by atoms with E-state index in [1.165, 1.54) is 6.08 Å². The predicted octanol–water partition coefficient (Wildman–Crippen LogP) is 5.16. The number of benzene rings is 1. The third kappa shape index (κ3) is 3.58. The lowest BCUT2D eigenvalue weighted by Gasteiger charge is -2.38. The molecule has 0 atom stereocenters. The maximum atomic E-state index is 12.4. The first-order valence-electron chi connectivity index (χ1n) is 9.01. The first-order valence-corrected chi connectivity index (χ1v) is 9.80. The van der Waals surface area contributed by atoms with Gasteiger partial charge in [-0.1, -0.05) is 28.4 Å². The predicted molar refractivity (Wildman–Crippen MR) is 103 cm³/mol. The van der Waals surface area contributed by atoms with Gasteiger partial charge in [-0.25, -0.2) is 9.59 Å². The molecule has 2 aromatic rings. The molecule has 0 amide bonds. The van der Waals surface area contributed by atoms with E-state index < -0.39 is 17.7 Å². The van der Waals surface area contributed by atoms with Crippen molar-refractivity contribution in [3.8, 4) is 11.3 Å². The smallest absolute Gasteiger partial charge is 0.349 e. The summed E-state index contributed by atoms with van der Waals surface area (Å²) < 4.78 is 17.7. The second kappa shape index (κ2) is 7.00. The number of halogens is 1. The van der Waals surface area contributed by atoms with Crippen molar-refractivity contribution in [1.82, 2.24) is 0 Å². The number of ether oxygens (including phenoxy) is 2. The number of carbonyl (C=O) groups is 2. The standard InChI is InChI=1S/C21H19BrO5/c1-13-5-7-15(17(22)11-13)18-8-6-14(25-18)12-16-19(23)26-21(27-20(16)24)9-3-2-4-10-21/h5-8,11-12H,2-4,9-10H2,1H3. The van der Waals surface area contributed by atoms with E-state index in [0.717, 1.165) is 34.9 Å². The summed E-state index contributed by atoms with van der Waals surface area (Å²) in [4.78, 5) is 24.8. The van der Waals surface area contributed by atoms with Crippen LogP contribution in [0.1, 0.15) is 43.4 Å². The minimum absolute atomic E-state index is 0.143. The molecule has 2 aliphatic rings. The maximum Gasteiger partial charge on any atom is 0.349 e. The van der Waals surface area contributed by atoms with Crippen molar-refractivity contribution in [3.05, 3.63) is 51.7 Å². The molecule has 0 radical (unpaired) electrons. The van der Waals surface area contributed by atoms with Crippen LogP contribution in [0.15, 0.2) is 44.8 Å². The lowest BCUT2D eigenvalue weighted by molar-refractivity contribution is -0.244. The van der Waals surface area contributed by atoms with Gasteiger partial charge in [-0.15, -0.1) is 0 Å². The van der Waals surface area contributed by atoms with Crippen LogP contribution in [0.25, 0.3) is 17.4 Å². The van der Waals surface area contributed by atoms with Crippen LogP contribution in [-0.2, 0) is 19.1 Å². The summed E-state index contributed by atoms with van der Waals surface area (Å²) in [6.07, 6.45) is 5.32. The van der Waals surface area contributed by atoms with Gasteiger partial charge in [-0.2, -0.15) is 0 Å². The van der Waals surface area contributed by atoms with Gasteiger partial charge in [0.15, 0.2) is 0 Å². The summed E-state index contributed by atoms with van der Waals surface area (Å²) in [7, 11) is 0. The molecule has 1 spiro atoms. The molecule has 1 aromatic heterocycles. The highest BCUT2D eigenvalue weighted by atomic mass is 79.9. The van der Waals surface area contributed by atoms with Crippen LogP contribution in [-0.4, -0.2) is 17.7 Å². The molecule has 1 aliphatic heterocycles. The normalized spacial score (nSPS) is 19.0. The molecule has 1 aliphatic carbocycles. The van der Waals surface area contributed by atoms with Gasteiger partial charge in [-0.05, 0) is 49.6 Å². The van der Waals surface area contributed by atoms with E-state index in [0.29, 0.717) is 24.4 Å². The van der Waals surface area contributed by atoms with Crippen LogP contribution in [0.2, 0.25) is 0 Å². The topological polar surface area (TPSA) is 65.7 Å². The van der Waals surface area contributed by atoms with Crippen LogP contribution in [0, 0.1) is 6.92 Å². The van der Waals surface area contributed by atoms with Gasteiger partial charge in [0.1, 0.15) is 17.1 Å². The summed E-state index contributed by atoms with van der Waals surface area (Å²) in [5, 5.41) is 0. The van der Waals surface area contributed by atoms with E-state index in [1.807, 2.05) is 25.1 Å².